The summed E-state index contributed by atoms with van der Waals surface area (Å²) in [6.07, 6.45) is 0. The molecule has 64 valence electrons. The lowest BCUT2D eigenvalue weighted by atomic mass is 10.1. The third-order valence-electron chi connectivity index (χ3n) is 1.24. The van der Waals surface area contributed by atoms with Crippen LogP contribution in [0, 0.1) is 11.3 Å². The van der Waals surface area contributed by atoms with Crippen molar-refractivity contribution in [3.05, 3.63) is 0 Å². The lowest BCUT2D eigenvalue weighted by Crippen LogP contribution is -2.47. The number of hydrogen-bond donors (Lipinski definition) is 4. The van der Waals surface area contributed by atoms with Gasteiger partial charge in [0.05, 0.1) is 0 Å². The Labute approximate surface area is 65.1 Å². The molecule has 0 heterocycles. The number of carbonyl (C=O) groups is 1. The number of guanidine groups is 1. The lowest BCUT2D eigenvalue weighted by molar-refractivity contribution is -0.140. The van der Waals surface area contributed by atoms with Crippen LogP contribution in [-0.2, 0) is 4.79 Å². The Kier molecular flexibility index (Phi) is 3.36. The Morgan fingerprint density at radius 2 is 2.09 bits per heavy atom. The van der Waals surface area contributed by atoms with Gasteiger partial charge in [-0.15, -0.1) is 0 Å². The highest BCUT2D eigenvalue weighted by atomic mass is 16.4. The van der Waals surface area contributed by atoms with E-state index >= 15 is 0 Å². The first kappa shape index (κ1) is 9.74. The second kappa shape index (κ2) is 3.80. The summed E-state index contributed by atoms with van der Waals surface area (Å²) in [6.45, 7) is 3.49. The van der Waals surface area contributed by atoms with Crippen molar-refractivity contribution in [2.24, 2.45) is 11.7 Å². The molecule has 0 saturated heterocycles. The van der Waals surface area contributed by atoms with Crippen molar-refractivity contribution >= 4 is 11.9 Å². The first-order valence-electron chi connectivity index (χ1n) is 3.28. The van der Waals surface area contributed by atoms with Crippen LogP contribution in [0.15, 0.2) is 0 Å². The van der Waals surface area contributed by atoms with E-state index in [1.165, 1.54) is 0 Å². The van der Waals surface area contributed by atoms with Gasteiger partial charge in [-0.25, -0.2) is 4.79 Å². The molecule has 1 unspecified atom stereocenters. The van der Waals surface area contributed by atoms with Gasteiger partial charge in [-0.05, 0) is 5.92 Å². The highest BCUT2D eigenvalue weighted by Gasteiger charge is 2.20. The van der Waals surface area contributed by atoms with Crippen molar-refractivity contribution in [2.45, 2.75) is 19.9 Å². The third kappa shape index (κ3) is 3.44. The van der Waals surface area contributed by atoms with E-state index in [-0.39, 0.29) is 11.9 Å². The molecule has 5 nitrogen and oxygen atoms in total. The van der Waals surface area contributed by atoms with Gasteiger partial charge in [0.2, 0.25) is 0 Å². The van der Waals surface area contributed by atoms with Crippen LogP contribution in [0.1, 0.15) is 13.8 Å². The number of hydrogen-bond acceptors (Lipinski definition) is 2. The fourth-order valence-electron chi connectivity index (χ4n) is 0.681. The maximum absolute atomic E-state index is 10.5. The summed E-state index contributed by atoms with van der Waals surface area (Å²) >= 11 is 0. The lowest BCUT2D eigenvalue weighted by Gasteiger charge is -2.17. The minimum Gasteiger partial charge on any atom is -0.480 e. The van der Waals surface area contributed by atoms with Crippen molar-refractivity contribution in [3.63, 3.8) is 0 Å². The van der Waals surface area contributed by atoms with Crippen LogP contribution in [0.2, 0.25) is 0 Å². The monoisotopic (exact) mass is 159 g/mol. The van der Waals surface area contributed by atoms with Crippen LogP contribution in [0.3, 0.4) is 0 Å². The molecule has 0 aliphatic rings. The van der Waals surface area contributed by atoms with E-state index in [4.69, 9.17) is 16.2 Å². The van der Waals surface area contributed by atoms with E-state index in [0.717, 1.165) is 0 Å². The maximum Gasteiger partial charge on any atom is 0.326 e. The second-order valence-corrected chi connectivity index (χ2v) is 2.62. The summed E-state index contributed by atoms with van der Waals surface area (Å²) in [5.41, 5.74) is 4.98. The molecule has 0 spiro atoms. The molecule has 0 aromatic heterocycles. The Hall–Kier alpha value is -1.26. The minimum absolute atomic E-state index is 0.0867. The van der Waals surface area contributed by atoms with Gasteiger partial charge in [0.1, 0.15) is 6.04 Å². The SMILES string of the molecule is CC(C)C(NC(=N)N)C(=O)O. The van der Waals surface area contributed by atoms with E-state index in [9.17, 15) is 4.79 Å². The number of carboxylic acid groups (broad SMARTS) is 1. The molecule has 0 aromatic carbocycles. The molecule has 11 heavy (non-hydrogen) atoms. The van der Waals surface area contributed by atoms with Gasteiger partial charge in [-0.1, -0.05) is 13.8 Å². The normalized spacial score (nSPS) is 12.6. The standard InChI is InChI=1S/C6H13N3O2/c1-3(2)4(5(10)11)9-6(7)8/h3-4H,1-2H3,(H,10,11)(H4,7,8,9). The van der Waals surface area contributed by atoms with E-state index in [0.29, 0.717) is 0 Å². The molecular formula is C6H13N3O2. The van der Waals surface area contributed by atoms with Crippen LogP contribution in [-0.4, -0.2) is 23.1 Å². The van der Waals surface area contributed by atoms with Crippen LogP contribution in [0.25, 0.3) is 0 Å². The van der Waals surface area contributed by atoms with Crippen molar-refractivity contribution in [2.75, 3.05) is 0 Å². The Morgan fingerprint density at radius 1 is 1.64 bits per heavy atom. The average molecular weight is 159 g/mol. The predicted octanol–water partition coefficient (Wildman–Crippen LogP) is -0.421. The first-order valence-corrected chi connectivity index (χ1v) is 3.28. The average Bonchev–Trinajstić information content (AvgIpc) is 1.81. The van der Waals surface area contributed by atoms with Crippen molar-refractivity contribution in [1.82, 2.24) is 5.32 Å². The Morgan fingerprint density at radius 3 is 2.18 bits per heavy atom. The molecule has 0 rings (SSSR count). The molecule has 0 fully saturated rings. The molecule has 0 aromatic rings. The number of rotatable bonds is 3. The van der Waals surface area contributed by atoms with Crippen LogP contribution in [0.4, 0.5) is 0 Å². The van der Waals surface area contributed by atoms with E-state index in [2.05, 4.69) is 5.32 Å². The van der Waals surface area contributed by atoms with Crippen molar-refractivity contribution < 1.29 is 9.90 Å². The molecule has 0 amide bonds. The summed E-state index contributed by atoms with van der Waals surface area (Å²) in [6, 6.07) is -0.771. The molecule has 0 aliphatic carbocycles. The van der Waals surface area contributed by atoms with Gasteiger partial charge in [0, 0.05) is 0 Å². The second-order valence-electron chi connectivity index (χ2n) is 2.62. The van der Waals surface area contributed by atoms with Crippen LogP contribution < -0.4 is 11.1 Å². The molecule has 5 N–H and O–H groups in total. The van der Waals surface area contributed by atoms with Gasteiger partial charge in [-0.2, -0.15) is 0 Å². The smallest absolute Gasteiger partial charge is 0.326 e. The van der Waals surface area contributed by atoms with Gasteiger partial charge >= 0.3 is 5.97 Å². The highest BCUT2D eigenvalue weighted by molar-refractivity contribution is 5.82. The molecule has 0 aliphatic heterocycles. The molecule has 1 atom stereocenters. The molecular weight excluding hydrogens is 146 g/mol. The predicted molar refractivity (Wildman–Crippen MR) is 41.3 cm³/mol. The molecule has 5 heteroatoms. The summed E-state index contributed by atoms with van der Waals surface area (Å²) in [4.78, 5) is 10.5. The van der Waals surface area contributed by atoms with Crippen molar-refractivity contribution in [1.29, 1.82) is 5.41 Å². The van der Waals surface area contributed by atoms with Gasteiger partial charge in [0.25, 0.3) is 0 Å². The van der Waals surface area contributed by atoms with Gasteiger partial charge in [-0.3, -0.25) is 5.41 Å². The number of aliphatic carboxylic acids is 1. The van der Waals surface area contributed by atoms with E-state index in [1.54, 1.807) is 13.8 Å². The van der Waals surface area contributed by atoms with E-state index < -0.39 is 12.0 Å². The zero-order valence-corrected chi connectivity index (χ0v) is 6.59. The molecule has 0 radical (unpaired) electrons. The first-order chi connectivity index (χ1) is 4.95. The number of carboxylic acids is 1. The number of nitrogens with two attached hydrogens (primary N) is 1. The topological polar surface area (TPSA) is 99.2 Å². The van der Waals surface area contributed by atoms with Crippen LogP contribution in [0.5, 0.6) is 0 Å². The zero-order valence-electron chi connectivity index (χ0n) is 6.59. The minimum atomic E-state index is -0.991. The summed E-state index contributed by atoms with van der Waals surface area (Å²) in [7, 11) is 0. The van der Waals surface area contributed by atoms with Crippen LogP contribution >= 0.6 is 0 Å². The fourth-order valence-corrected chi connectivity index (χ4v) is 0.681. The summed E-state index contributed by atoms with van der Waals surface area (Å²) in [5, 5.41) is 17.7. The summed E-state index contributed by atoms with van der Waals surface area (Å²) in [5.74, 6) is -1.39. The largest absolute Gasteiger partial charge is 0.480 e. The molecule has 0 bridgehead atoms. The number of nitrogens with one attached hydrogen (secondary N) is 2. The highest BCUT2D eigenvalue weighted by Crippen LogP contribution is 2.00. The van der Waals surface area contributed by atoms with E-state index in [1.807, 2.05) is 0 Å². The Bertz CT molecular complexity index is 167. The fraction of sp³-hybridized carbons (Fsp3) is 0.667. The van der Waals surface area contributed by atoms with Gasteiger partial charge < -0.3 is 16.2 Å². The third-order valence-corrected chi connectivity index (χ3v) is 1.24. The maximum atomic E-state index is 10.5. The summed E-state index contributed by atoms with van der Waals surface area (Å²) < 4.78 is 0. The quantitative estimate of drug-likeness (QED) is 0.332. The van der Waals surface area contributed by atoms with Gasteiger partial charge in [0.15, 0.2) is 5.96 Å². The zero-order chi connectivity index (χ0) is 9.02. The molecule has 0 saturated carbocycles. The Balaban J connectivity index is 4.12. The van der Waals surface area contributed by atoms with Crippen molar-refractivity contribution in [3.8, 4) is 0 Å².